The van der Waals surface area contributed by atoms with Gasteiger partial charge in [-0.2, -0.15) is 0 Å². The number of carbonyl (C=O) groups excluding carboxylic acids is 2. The van der Waals surface area contributed by atoms with Crippen LogP contribution in [0, 0.1) is 0 Å². The minimum Gasteiger partial charge on any atom is -0.367 e. The Bertz CT molecular complexity index is 703. The van der Waals surface area contributed by atoms with Crippen LogP contribution in [0.3, 0.4) is 0 Å². The van der Waals surface area contributed by atoms with Crippen LogP contribution in [0.5, 0.6) is 0 Å². The van der Waals surface area contributed by atoms with Gasteiger partial charge in [-0.3, -0.25) is 9.59 Å². The van der Waals surface area contributed by atoms with Crippen LogP contribution >= 0.6 is 0 Å². The van der Waals surface area contributed by atoms with Gasteiger partial charge in [0, 0.05) is 19.3 Å². The normalized spacial score (nSPS) is 18.5. The highest BCUT2D eigenvalue weighted by Crippen LogP contribution is 2.22. The number of hydrogen-bond donors (Lipinski definition) is 1. The van der Waals surface area contributed by atoms with Crippen molar-refractivity contribution in [3.63, 3.8) is 0 Å². The molecule has 2 aromatic carbocycles. The minimum atomic E-state index is -0.718. The number of ether oxygens (including phenoxy) is 1. The molecule has 0 aromatic heterocycles. The average molecular weight is 324 g/mol. The van der Waals surface area contributed by atoms with E-state index in [1.165, 1.54) is 7.11 Å². The molecule has 0 radical (unpaired) electrons. The van der Waals surface area contributed by atoms with Crippen LogP contribution in [0.15, 0.2) is 60.7 Å². The van der Waals surface area contributed by atoms with E-state index in [4.69, 9.17) is 4.74 Å². The number of methoxy groups -OCH3 is 1. The van der Waals surface area contributed by atoms with Crippen LogP contribution in [-0.4, -0.2) is 31.5 Å². The highest BCUT2D eigenvalue weighted by atomic mass is 16.5. The summed E-state index contributed by atoms with van der Waals surface area (Å²) in [5.74, 6) is -0.380. The number of nitrogens with zero attached hydrogens (tertiary/aromatic N) is 1. The molecule has 1 aliphatic heterocycles. The molecular formula is C19H20N2O3. The lowest BCUT2D eigenvalue weighted by atomic mass is 10.1. The predicted octanol–water partition coefficient (Wildman–Crippen LogP) is 2.30. The van der Waals surface area contributed by atoms with Gasteiger partial charge in [0.2, 0.25) is 5.91 Å². The first-order valence-corrected chi connectivity index (χ1v) is 7.95. The summed E-state index contributed by atoms with van der Waals surface area (Å²) in [6, 6.07) is 18.2. The van der Waals surface area contributed by atoms with Crippen molar-refractivity contribution in [3.8, 4) is 0 Å². The largest absolute Gasteiger partial charge is 0.367 e. The van der Waals surface area contributed by atoms with Gasteiger partial charge < -0.3 is 15.0 Å². The van der Waals surface area contributed by atoms with Crippen molar-refractivity contribution in [3.05, 3.63) is 66.2 Å². The van der Waals surface area contributed by atoms with Gasteiger partial charge in [-0.15, -0.1) is 0 Å². The van der Waals surface area contributed by atoms with E-state index in [1.54, 1.807) is 4.90 Å². The summed E-state index contributed by atoms with van der Waals surface area (Å²) in [6.45, 7) is 0.594. The zero-order chi connectivity index (χ0) is 16.9. The third kappa shape index (κ3) is 3.31. The summed E-state index contributed by atoms with van der Waals surface area (Å²) >= 11 is 0. The number of anilines is 1. The van der Waals surface area contributed by atoms with E-state index in [9.17, 15) is 9.59 Å². The van der Waals surface area contributed by atoms with E-state index in [0.717, 1.165) is 11.3 Å². The molecule has 2 atom stereocenters. The van der Waals surface area contributed by atoms with Crippen LogP contribution in [0.4, 0.5) is 5.69 Å². The van der Waals surface area contributed by atoms with Gasteiger partial charge in [-0.1, -0.05) is 48.5 Å². The first-order chi connectivity index (χ1) is 11.7. The lowest BCUT2D eigenvalue weighted by molar-refractivity contribution is -0.134. The van der Waals surface area contributed by atoms with E-state index in [0.29, 0.717) is 13.0 Å². The maximum absolute atomic E-state index is 12.6. The molecule has 0 spiro atoms. The monoisotopic (exact) mass is 324 g/mol. The summed E-state index contributed by atoms with van der Waals surface area (Å²) in [7, 11) is 1.49. The van der Waals surface area contributed by atoms with Gasteiger partial charge in [0.15, 0.2) is 6.10 Å². The van der Waals surface area contributed by atoms with Gasteiger partial charge in [0.05, 0.1) is 0 Å². The third-order valence-corrected chi connectivity index (χ3v) is 4.17. The fraction of sp³-hybridized carbons (Fsp3) is 0.263. The predicted molar refractivity (Wildman–Crippen MR) is 91.5 cm³/mol. The number of rotatable bonds is 5. The number of benzene rings is 2. The zero-order valence-corrected chi connectivity index (χ0v) is 13.5. The first-order valence-electron chi connectivity index (χ1n) is 7.95. The molecule has 5 heteroatoms. The maximum atomic E-state index is 12.6. The fourth-order valence-corrected chi connectivity index (χ4v) is 2.95. The topological polar surface area (TPSA) is 58.6 Å². The van der Waals surface area contributed by atoms with Crippen molar-refractivity contribution in [1.29, 1.82) is 0 Å². The van der Waals surface area contributed by atoms with E-state index < -0.39 is 12.1 Å². The second-order valence-corrected chi connectivity index (χ2v) is 5.70. The van der Waals surface area contributed by atoms with Gasteiger partial charge in [0.25, 0.3) is 5.91 Å². The second kappa shape index (κ2) is 7.27. The Morgan fingerprint density at radius 3 is 2.38 bits per heavy atom. The summed E-state index contributed by atoms with van der Waals surface area (Å²) < 4.78 is 5.32. The molecule has 1 heterocycles. The summed E-state index contributed by atoms with van der Waals surface area (Å²) in [6.07, 6.45) is -0.130. The SMILES string of the molecule is CO[C@H](C(=O)N[C@H]1CCN(c2ccccc2)C1=O)c1ccccc1. The molecule has 0 bridgehead atoms. The molecule has 5 nitrogen and oxygen atoms in total. The number of nitrogens with one attached hydrogen (secondary N) is 1. The molecule has 1 saturated heterocycles. The molecular weight excluding hydrogens is 304 g/mol. The highest BCUT2D eigenvalue weighted by molar-refractivity contribution is 6.01. The molecule has 124 valence electrons. The van der Waals surface area contributed by atoms with E-state index in [1.807, 2.05) is 60.7 Å². The smallest absolute Gasteiger partial charge is 0.254 e. The van der Waals surface area contributed by atoms with Gasteiger partial charge >= 0.3 is 0 Å². The van der Waals surface area contributed by atoms with E-state index >= 15 is 0 Å². The lowest BCUT2D eigenvalue weighted by Crippen LogP contribution is -2.43. The van der Waals surface area contributed by atoms with Crippen molar-refractivity contribution in [2.24, 2.45) is 0 Å². The van der Waals surface area contributed by atoms with Crippen LogP contribution < -0.4 is 10.2 Å². The van der Waals surface area contributed by atoms with E-state index in [-0.39, 0.29) is 11.8 Å². The lowest BCUT2D eigenvalue weighted by Gasteiger charge is -2.20. The number of amides is 2. The molecule has 2 amide bonds. The van der Waals surface area contributed by atoms with Gasteiger partial charge in [0.1, 0.15) is 6.04 Å². The van der Waals surface area contributed by atoms with Gasteiger partial charge in [-0.05, 0) is 24.1 Å². The Kier molecular flexibility index (Phi) is 4.91. The number of carbonyl (C=O) groups is 2. The number of para-hydroxylation sites is 1. The summed E-state index contributed by atoms with van der Waals surface area (Å²) in [5.41, 5.74) is 1.62. The van der Waals surface area contributed by atoms with E-state index in [2.05, 4.69) is 5.32 Å². The zero-order valence-electron chi connectivity index (χ0n) is 13.5. The Morgan fingerprint density at radius 1 is 1.12 bits per heavy atom. The number of hydrogen-bond acceptors (Lipinski definition) is 3. The van der Waals surface area contributed by atoms with Crippen molar-refractivity contribution >= 4 is 17.5 Å². The Hall–Kier alpha value is -2.66. The highest BCUT2D eigenvalue weighted by Gasteiger charge is 2.35. The van der Waals surface area contributed by atoms with Crippen molar-refractivity contribution in [2.75, 3.05) is 18.6 Å². The molecule has 24 heavy (non-hydrogen) atoms. The molecule has 1 aliphatic rings. The van der Waals surface area contributed by atoms with Crippen LogP contribution in [-0.2, 0) is 14.3 Å². The first kappa shape index (κ1) is 16.2. The maximum Gasteiger partial charge on any atom is 0.254 e. The van der Waals surface area contributed by atoms with Crippen molar-refractivity contribution in [1.82, 2.24) is 5.32 Å². The fourth-order valence-electron chi connectivity index (χ4n) is 2.95. The van der Waals surface area contributed by atoms with Crippen LogP contribution in [0.1, 0.15) is 18.1 Å². The molecule has 0 aliphatic carbocycles. The Morgan fingerprint density at radius 2 is 1.75 bits per heavy atom. The molecule has 0 unspecified atom stereocenters. The third-order valence-electron chi connectivity index (χ3n) is 4.17. The molecule has 1 fully saturated rings. The quantitative estimate of drug-likeness (QED) is 0.918. The van der Waals surface area contributed by atoms with Gasteiger partial charge in [-0.25, -0.2) is 0 Å². The Balaban J connectivity index is 1.68. The average Bonchev–Trinajstić information content (AvgIpc) is 2.98. The van der Waals surface area contributed by atoms with Crippen molar-refractivity contribution < 1.29 is 14.3 Å². The molecule has 2 aromatic rings. The van der Waals surface area contributed by atoms with Crippen LogP contribution in [0.25, 0.3) is 0 Å². The Labute approximate surface area is 141 Å². The minimum absolute atomic E-state index is 0.0857. The summed E-state index contributed by atoms with van der Waals surface area (Å²) in [4.78, 5) is 26.8. The molecule has 0 saturated carbocycles. The van der Waals surface area contributed by atoms with Crippen LogP contribution in [0.2, 0.25) is 0 Å². The second-order valence-electron chi connectivity index (χ2n) is 5.70. The molecule has 3 rings (SSSR count). The summed E-state index contributed by atoms with van der Waals surface area (Å²) in [5, 5.41) is 2.82. The van der Waals surface area contributed by atoms with Crippen molar-refractivity contribution in [2.45, 2.75) is 18.6 Å². The standard InChI is InChI=1S/C19H20N2O3/c1-24-17(14-8-4-2-5-9-14)18(22)20-16-12-13-21(19(16)23)15-10-6-3-7-11-15/h2-11,16-17H,12-13H2,1H3,(H,20,22)/t16-,17-/m0/s1. The molecule has 1 N–H and O–H groups in total.